The first-order valence-corrected chi connectivity index (χ1v) is 11.5. The lowest BCUT2D eigenvalue weighted by Gasteiger charge is -2.29. The van der Waals surface area contributed by atoms with Gasteiger partial charge in [-0.15, -0.1) is 0 Å². The largest absolute Gasteiger partial charge is 0.494 e. The molecule has 1 unspecified atom stereocenters. The molecule has 170 valence electrons. The Bertz CT molecular complexity index is 957. The average molecular weight is 437 g/mol. The molecule has 0 radical (unpaired) electrons. The van der Waals surface area contributed by atoms with Gasteiger partial charge in [0.15, 0.2) is 6.61 Å². The van der Waals surface area contributed by atoms with Crippen LogP contribution in [0.1, 0.15) is 36.8 Å². The molecule has 6 heteroatoms. The van der Waals surface area contributed by atoms with Gasteiger partial charge >= 0.3 is 0 Å². The molecule has 4 rings (SSSR count). The zero-order valence-electron chi connectivity index (χ0n) is 19.0. The van der Waals surface area contributed by atoms with Gasteiger partial charge in [-0.2, -0.15) is 0 Å². The molecule has 6 nitrogen and oxygen atoms in total. The van der Waals surface area contributed by atoms with Gasteiger partial charge in [0.05, 0.1) is 12.3 Å². The van der Waals surface area contributed by atoms with E-state index < -0.39 is 0 Å². The number of hydrogen-bond acceptors (Lipinski definition) is 4. The van der Waals surface area contributed by atoms with E-state index in [2.05, 4.69) is 19.1 Å². The van der Waals surface area contributed by atoms with Crippen LogP contribution in [-0.2, 0) is 9.59 Å². The average Bonchev–Trinajstić information content (AvgIpc) is 3.26. The molecule has 2 amide bonds. The number of amides is 2. The van der Waals surface area contributed by atoms with Crippen molar-refractivity contribution < 1.29 is 19.1 Å². The Balaban J connectivity index is 1.19. The highest BCUT2D eigenvalue weighted by molar-refractivity contribution is 5.98. The number of fused-ring (bicyclic) bond motifs is 1. The van der Waals surface area contributed by atoms with Crippen molar-refractivity contribution in [1.82, 2.24) is 4.90 Å². The van der Waals surface area contributed by atoms with Crippen LogP contribution in [0.5, 0.6) is 11.5 Å². The second kappa shape index (κ2) is 10.1. The monoisotopic (exact) mass is 436 g/mol. The summed E-state index contributed by atoms with van der Waals surface area (Å²) < 4.78 is 11.4. The van der Waals surface area contributed by atoms with Crippen LogP contribution in [0.4, 0.5) is 5.69 Å². The van der Waals surface area contributed by atoms with Crippen LogP contribution < -0.4 is 14.4 Å². The molecule has 1 fully saturated rings. The summed E-state index contributed by atoms with van der Waals surface area (Å²) >= 11 is 0. The van der Waals surface area contributed by atoms with Crippen LogP contribution in [-0.4, -0.2) is 49.6 Å². The summed E-state index contributed by atoms with van der Waals surface area (Å²) in [5, 5.41) is 0. The van der Waals surface area contributed by atoms with E-state index in [0.29, 0.717) is 31.9 Å². The SMILES string of the molecule is Cc1ccc(OCCC2CCN(C(=O)CCCN3C(=O)COc4ccc(C)cc43)C2)cc1. The van der Waals surface area contributed by atoms with Crippen molar-refractivity contribution >= 4 is 17.5 Å². The Morgan fingerprint density at radius 2 is 1.91 bits per heavy atom. The van der Waals surface area contributed by atoms with E-state index in [1.54, 1.807) is 4.90 Å². The van der Waals surface area contributed by atoms with Gasteiger partial charge in [-0.25, -0.2) is 0 Å². The van der Waals surface area contributed by atoms with E-state index in [0.717, 1.165) is 48.7 Å². The molecule has 0 N–H and O–H groups in total. The van der Waals surface area contributed by atoms with Crippen LogP contribution in [0.15, 0.2) is 42.5 Å². The Morgan fingerprint density at radius 1 is 1.12 bits per heavy atom. The van der Waals surface area contributed by atoms with Crippen LogP contribution in [0, 0.1) is 19.8 Å². The Morgan fingerprint density at radius 3 is 2.72 bits per heavy atom. The van der Waals surface area contributed by atoms with Crippen LogP contribution in [0.25, 0.3) is 0 Å². The van der Waals surface area contributed by atoms with Crippen molar-refractivity contribution in [3.05, 3.63) is 53.6 Å². The molecular weight excluding hydrogens is 404 g/mol. The van der Waals surface area contributed by atoms with Gasteiger partial charge in [-0.05, 0) is 68.9 Å². The molecule has 2 heterocycles. The first-order chi connectivity index (χ1) is 15.5. The summed E-state index contributed by atoms with van der Waals surface area (Å²) in [7, 11) is 0. The number of benzene rings is 2. The highest BCUT2D eigenvalue weighted by Crippen LogP contribution is 2.33. The normalized spacial score (nSPS) is 17.8. The fourth-order valence-electron chi connectivity index (χ4n) is 4.38. The molecule has 0 aromatic heterocycles. The lowest BCUT2D eigenvalue weighted by molar-refractivity contribution is -0.130. The third-order valence-electron chi connectivity index (χ3n) is 6.28. The fraction of sp³-hybridized carbons (Fsp3) is 0.462. The highest BCUT2D eigenvalue weighted by Gasteiger charge is 2.28. The van der Waals surface area contributed by atoms with E-state index in [9.17, 15) is 9.59 Å². The number of anilines is 1. The highest BCUT2D eigenvalue weighted by atomic mass is 16.5. The minimum absolute atomic E-state index is 0.0506. The van der Waals surface area contributed by atoms with Crippen molar-refractivity contribution in [3.63, 3.8) is 0 Å². The van der Waals surface area contributed by atoms with Crippen molar-refractivity contribution in [1.29, 1.82) is 0 Å². The Kier molecular flexibility index (Phi) is 6.98. The summed E-state index contributed by atoms with van der Waals surface area (Å²) in [5.41, 5.74) is 3.11. The summed E-state index contributed by atoms with van der Waals surface area (Å²) in [5.74, 6) is 2.25. The molecular formula is C26H32N2O4. The second-order valence-corrected chi connectivity index (χ2v) is 8.85. The maximum atomic E-state index is 12.7. The maximum absolute atomic E-state index is 12.7. The topological polar surface area (TPSA) is 59.1 Å². The van der Waals surface area contributed by atoms with Crippen LogP contribution in [0.2, 0.25) is 0 Å². The number of hydrogen-bond donors (Lipinski definition) is 0. The van der Waals surface area contributed by atoms with Gasteiger partial charge in [0.2, 0.25) is 5.91 Å². The number of ether oxygens (including phenoxy) is 2. The molecule has 1 saturated heterocycles. The Hall–Kier alpha value is -3.02. The number of likely N-dealkylation sites (tertiary alicyclic amines) is 1. The molecule has 2 aromatic rings. The maximum Gasteiger partial charge on any atom is 0.265 e. The van der Waals surface area contributed by atoms with Gasteiger partial charge in [0.1, 0.15) is 11.5 Å². The molecule has 2 aromatic carbocycles. The molecule has 2 aliphatic heterocycles. The van der Waals surface area contributed by atoms with E-state index in [-0.39, 0.29) is 18.4 Å². The Labute approximate surface area is 190 Å². The molecule has 0 bridgehead atoms. The zero-order chi connectivity index (χ0) is 22.5. The fourth-order valence-corrected chi connectivity index (χ4v) is 4.38. The molecule has 0 spiro atoms. The lowest BCUT2D eigenvalue weighted by atomic mass is 10.1. The summed E-state index contributed by atoms with van der Waals surface area (Å²) in [6.45, 7) is 6.94. The van der Waals surface area contributed by atoms with Gasteiger partial charge in [0.25, 0.3) is 5.91 Å². The third kappa shape index (κ3) is 5.42. The molecule has 0 aliphatic carbocycles. The van der Waals surface area contributed by atoms with Gasteiger partial charge in [0, 0.05) is 26.1 Å². The molecule has 0 saturated carbocycles. The predicted octanol–water partition coefficient (Wildman–Crippen LogP) is 4.13. The predicted molar refractivity (Wildman–Crippen MR) is 124 cm³/mol. The minimum Gasteiger partial charge on any atom is -0.494 e. The van der Waals surface area contributed by atoms with Crippen molar-refractivity contribution in [3.8, 4) is 11.5 Å². The molecule has 2 aliphatic rings. The van der Waals surface area contributed by atoms with E-state index >= 15 is 0 Å². The van der Waals surface area contributed by atoms with Crippen LogP contribution >= 0.6 is 0 Å². The first kappa shape index (κ1) is 22.2. The second-order valence-electron chi connectivity index (χ2n) is 8.85. The standard InChI is InChI=1S/C26H32N2O4/c1-19-5-8-22(9-6-19)31-15-12-21-11-14-27(17-21)25(29)4-3-13-28-23-16-20(2)7-10-24(23)32-18-26(28)30/h5-10,16,21H,3-4,11-15,17-18H2,1-2H3. The van der Waals surface area contributed by atoms with Crippen molar-refractivity contribution in [2.45, 2.75) is 39.5 Å². The number of nitrogens with zero attached hydrogens (tertiary/aromatic N) is 2. The molecule has 32 heavy (non-hydrogen) atoms. The number of aryl methyl sites for hydroxylation is 2. The van der Waals surface area contributed by atoms with Gasteiger partial charge in [-0.1, -0.05) is 23.8 Å². The van der Waals surface area contributed by atoms with Crippen molar-refractivity contribution in [2.24, 2.45) is 5.92 Å². The summed E-state index contributed by atoms with van der Waals surface area (Å²) in [6.07, 6.45) is 3.09. The number of carbonyl (C=O) groups excluding carboxylic acids is 2. The number of rotatable bonds is 8. The van der Waals surface area contributed by atoms with Crippen LogP contribution in [0.3, 0.4) is 0 Å². The van der Waals surface area contributed by atoms with E-state index in [4.69, 9.17) is 9.47 Å². The molecule has 1 atom stereocenters. The van der Waals surface area contributed by atoms with E-state index in [1.807, 2.05) is 42.2 Å². The summed E-state index contributed by atoms with van der Waals surface area (Å²) in [4.78, 5) is 28.8. The zero-order valence-corrected chi connectivity index (χ0v) is 19.0. The van der Waals surface area contributed by atoms with Crippen molar-refractivity contribution in [2.75, 3.05) is 37.7 Å². The lowest BCUT2D eigenvalue weighted by Crippen LogP contribution is -2.40. The first-order valence-electron chi connectivity index (χ1n) is 11.5. The van der Waals surface area contributed by atoms with Gasteiger partial charge < -0.3 is 19.3 Å². The smallest absolute Gasteiger partial charge is 0.265 e. The quantitative estimate of drug-likeness (QED) is 0.624. The summed E-state index contributed by atoms with van der Waals surface area (Å²) in [6, 6.07) is 14.0. The minimum atomic E-state index is -0.0506. The third-order valence-corrected chi connectivity index (χ3v) is 6.28. The van der Waals surface area contributed by atoms with Gasteiger partial charge in [-0.3, -0.25) is 9.59 Å². The van der Waals surface area contributed by atoms with E-state index in [1.165, 1.54) is 5.56 Å². The number of carbonyl (C=O) groups is 2.